The molecule has 2 aromatic rings. The summed E-state index contributed by atoms with van der Waals surface area (Å²) in [7, 11) is 3.99. The van der Waals surface area contributed by atoms with Crippen LogP contribution >= 0.6 is 23.1 Å². The molecule has 34 heavy (non-hydrogen) atoms. The van der Waals surface area contributed by atoms with Gasteiger partial charge in [0.25, 0.3) is 0 Å². The van der Waals surface area contributed by atoms with Crippen LogP contribution in [0.15, 0.2) is 34.1 Å². The summed E-state index contributed by atoms with van der Waals surface area (Å²) >= 11 is 2.91. The van der Waals surface area contributed by atoms with Crippen LogP contribution in [0, 0.1) is 29.6 Å². The lowest BCUT2D eigenvalue weighted by Crippen LogP contribution is -2.42. The van der Waals surface area contributed by atoms with Crippen molar-refractivity contribution in [3.05, 3.63) is 44.4 Å². The van der Waals surface area contributed by atoms with Gasteiger partial charge in [0.05, 0.1) is 23.3 Å². The number of benzene rings is 1. The number of thioether (sulfide) groups is 1. The van der Waals surface area contributed by atoms with Crippen LogP contribution in [0.5, 0.6) is 0 Å². The molecular weight excluding hydrogens is 474 g/mol. The molecule has 2 bridgehead atoms. The van der Waals surface area contributed by atoms with E-state index in [1.807, 2.05) is 19.0 Å². The molecule has 3 fully saturated rings. The van der Waals surface area contributed by atoms with Gasteiger partial charge in [0, 0.05) is 42.4 Å². The minimum Gasteiger partial charge on any atom is -0.481 e. The first kappa shape index (κ1) is 21.9. The van der Waals surface area contributed by atoms with Crippen molar-refractivity contribution in [1.82, 2.24) is 9.88 Å². The number of imide groups is 1. The molecule has 1 aromatic carbocycles. The number of amides is 2. The molecule has 2 N–H and O–H groups in total. The third-order valence-electron chi connectivity index (χ3n) is 8.13. The number of aromatic nitrogens is 1. The van der Waals surface area contributed by atoms with Crippen molar-refractivity contribution < 1.29 is 19.5 Å². The Bertz CT molecular complexity index is 1250. The number of H-pyrrole nitrogens is 1. The second kappa shape index (κ2) is 7.71. The summed E-state index contributed by atoms with van der Waals surface area (Å²) in [5.41, 5.74) is 2.22. The van der Waals surface area contributed by atoms with E-state index in [9.17, 15) is 19.2 Å². The smallest absolute Gasteiger partial charge is 0.305 e. The van der Waals surface area contributed by atoms with Gasteiger partial charge in [-0.15, -0.1) is 11.8 Å². The minimum absolute atomic E-state index is 0.00617. The summed E-state index contributed by atoms with van der Waals surface area (Å²) in [6.07, 6.45) is 0.598. The highest BCUT2D eigenvalue weighted by Gasteiger charge is 2.69. The molecular formula is C24H25N3O5S2. The molecule has 0 radical (unpaired) electrons. The largest absolute Gasteiger partial charge is 0.481 e. The SMILES string of the molecule is CN(C)c1ccc([C@@H]2c3sc(=O)[nH]c3S[C@@H]3[C@H]4C[C@@H]([C@@H]5C(=O)N(CCC(=O)O)C(=O)[C@H]45)[C@@H]23)cc1. The lowest BCUT2D eigenvalue weighted by atomic mass is 9.68. The number of nitrogens with zero attached hydrogens (tertiary/aromatic N) is 2. The zero-order valence-electron chi connectivity index (χ0n) is 18.8. The molecule has 3 heterocycles. The molecule has 8 nitrogen and oxygen atoms in total. The molecule has 7 atom stereocenters. The Labute approximate surface area is 204 Å². The zero-order valence-corrected chi connectivity index (χ0v) is 20.4. The number of carbonyl (C=O) groups excluding carboxylic acids is 2. The van der Waals surface area contributed by atoms with Crippen molar-refractivity contribution >= 4 is 46.6 Å². The molecule has 6 rings (SSSR count). The van der Waals surface area contributed by atoms with E-state index in [1.54, 1.807) is 11.8 Å². The number of rotatable bonds is 5. The predicted molar refractivity (Wildman–Crippen MR) is 128 cm³/mol. The standard InChI is InChI=1S/C24H25N3O5S2/c1-26(2)11-5-3-10(4-6-11)15-16-12-9-13(19(16)33-21-20(15)34-24(32)25-21)18-17(12)22(30)27(23(18)31)8-7-14(28)29/h3-6,12-13,15-19H,7-9H2,1-2H3,(H,25,32)(H,28,29)/t12-,13+,15+,16+,17+,18-,19-/m1/s1. The summed E-state index contributed by atoms with van der Waals surface area (Å²) in [4.78, 5) is 57.1. The van der Waals surface area contributed by atoms with Crippen molar-refractivity contribution in [2.45, 2.75) is 29.0 Å². The highest BCUT2D eigenvalue weighted by atomic mass is 32.2. The van der Waals surface area contributed by atoms with Crippen LogP contribution in [-0.2, 0) is 14.4 Å². The van der Waals surface area contributed by atoms with E-state index in [-0.39, 0.29) is 70.4 Å². The van der Waals surface area contributed by atoms with Crippen LogP contribution in [0.1, 0.15) is 29.2 Å². The highest BCUT2D eigenvalue weighted by Crippen LogP contribution is 2.68. The fourth-order valence-electron chi connectivity index (χ4n) is 6.86. The number of likely N-dealkylation sites (tertiary alicyclic amines) is 1. The Kier molecular flexibility index (Phi) is 4.97. The number of nitrogens with one attached hydrogen (secondary N) is 1. The second-order valence-corrected chi connectivity index (χ2v) is 12.1. The van der Waals surface area contributed by atoms with Crippen molar-refractivity contribution in [3.8, 4) is 0 Å². The summed E-state index contributed by atoms with van der Waals surface area (Å²) in [5, 5.41) is 10.1. The maximum Gasteiger partial charge on any atom is 0.305 e. The number of carboxylic acids is 1. The van der Waals surface area contributed by atoms with E-state index in [0.29, 0.717) is 0 Å². The summed E-state index contributed by atoms with van der Waals surface area (Å²) in [6, 6.07) is 8.39. The topological polar surface area (TPSA) is 111 Å². The van der Waals surface area contributed by atoms with Crippen LogP contribution in [0.25, 0.3) is 0 Å². The average Bonchev–Trinajstić information content (AvgIpc) is 3.51. The lowest BCUT2D eigenvalue weighted by Gasteiger charge is -2.43. The zero-order chi connectivity index (χ0) is 23.9. The van der Waals surface area contributed by atoms with Gasteiger partial charge < -0.3 is 15.0 Å². The molecule has 10 heteroatoms. The van der Waals surface area contributed by atoms with Gasteiger partial charge in [0.2, 0.25) is 11.8 Å². The number of carbonyl (C=O) groups is 3. The van der Waals surface area contributed by atoms with Crippen LogP contribution < -0.4 is 9.77 Å². The van der Waals surface area contributed by atoms with Crippen LogP contribution in [0.4, 0.5) is 5.69 Å². The maximum absolute atomic E-state index is 13.3. The molecule has 2 aliphatic heterocycles. The summed E-state index contributed by atoms with van der Waals surface area (Å²) < 4.78 is 0. The number of aliphatic carboxylic acids is 1. The number of carboxylic acid groups (broad SMARTS) is 1. The maximum atomic E-state index is 13.3. The Morgan fingerprint density at radius 2 is 1.79 bits per heavy atom. The first-order valence-electron chi connectivity index (χ1n) is 11.5. The first-order valence-corrected chi connectivity index (χ1v) is 13.2. The van der Waals surface area contributed by atoms with Gasteiger partial charge in [-0.05, 0) is 41.9 Å². The molecule has 2 amide bonds. The predicted octanol–water partition coefficient (Wildman–Crippen LogP) is 2.45. The Morgan fingerprint density at radius 1 is 1.12 bits per heavy atom. The molecule has 2 aliphatic carbocycles. The second-order valence-electron chi connectivity index (χ2n) is 9.92. The van der Waals surface area contributed by atoms with Gasteiger partial charge in [-0.2, -0.15) is 0 Å². The van der Waals surface area contributed by atoms with Gasteiger partial charge in [0.1, 0.15) is 0 Å². The minimum atomic E-state index is -1.01. The summed E-state index contributed by atoms with van der Waals surface area (Å²) in [5.74, 6) is -1.94. The van der Waals surface area contributed by atoms with Crippen molar-refractivity contribution in [2.75, 3.05) is 25.5 Å². The van der Waals surface area contributed by atoms with Crippen LogP contribution in [0.2, 0.25) is 0 Å². The number of aromatic amines is 1. The Balaban J connectivity index is 1.40. The van der Waals surface area contributed by atoms with Gasteiger partial charge in [-0.3, -0.25) is 24.1 Å². The van der Waals surface area contributed by atoms with Crippen LogP contribution in [0.3, 0.4) is 0 Å². The van der Waals surface area contributed by atoms with E-state index in [4.69, 9.17) is 5.11 Å². The normalized spacial score (nSPS) is 33.1. The molecule has 1 saturated heterocycles. The monoisotopic (exact) mass is 499 g/mol. The first-order chi connectivity index (χ1) is 16.3. The molecule has 1 aromatic heterocycles. The van der Waals surface area contributed by atoms with Gasteiger partial charge in [-0.25, -0.2) is 0 Å². The number of hydrogen-bond acceptors (Lipinski definition) is 7. The molecule has 0 spiro atoms. The Hall–Kier alpha value is -2.59. The van der Waals surface area contributed by atoms with Gasteiger partial charge in [-0.1, -0.05) is 23.5 Å². The third kappa shape index (κ3) is 3.04. The number of anilines is 1. The van der Waals surface area contributed by atoms with Crippen LogP contribution in [-0.4, -0.2) is 58.7 Å². The molecule has 4 aliphatic rings. The van der Waals surface area contributed by atoms with E-state index in [2.05, 4.69) is 29.2 Å². The lowest BCUT2D eigenvalue weighted by molar-refractivity contribution is -0.142. The highest BCUT2D eigenvalue weighted by molar-refractivity contribution is 8.00. The average molecular weight is 500 g/mol. The number of thiazole rings is 1. The van der Waals surface area contributed by atoms with E-state index in [1.165, 1.54) is 16.2 Å². The number of hydrogen-bond donors (Lipinski definition) is 2. The molecule has 0 unspecified atom stereocenters. The van der Waals surface area contributed by atoms with E-state index >= 15 is 0 Å². The van der Waals surface area contributed by atoms with Gasteiger partial charge in [0.15, 0.2) is 0 Å². The Morgan fingerprint density at radius 3 is 2.44 bits per heavy atom. The quantitative estimate of drug-likeness (QED) is 0.608. The van der Waals surface area contributed by atoms with Crippen molar-refractivity contribution in [1.29, 1.82) is 0 Å². The molecule has 178 valence electrons. The summed E-state index contributed by atoms with van der Waals surface area (Å²) in [6.45, 7) is -0.0575. The molecule has 2 saturated carbocycles. The van der Waals surface area contributed by atoms with Gasteiger partial charge >= 0.3 is 10.8 Å². The van der Waals surface area contributed by atoms with E-state index < -0.39 is 5.97 Å². The fourth-order valence-corrected chi connectivity index (χ4v) is 9.75. The van der Waals surface area contributed by atoms with Crippen molar-refractivity contribution in [2.24, 2.45) is 29.6 Å². The van der Waals surface area contributed by atoms with Crippen molar-refractivity contribution in [3.63, 3.8) is 0 Å². The fraction of sp³-hybridized carbons (Fsp3) is 0.500. The van der Waals surface area contributed by atoms with E-state index in [0.717, 1.165) is 27.6 Å². The number of fused-ring (bicyclic) bond motifs is 9. The third-order valence-corrected chi connectivity index (χ3v) is 10.7.